The van der Waals surface area contributed by atoms with Gasteiger partial charge in [-0.15, -0.1) is 0 Å². The van der Waals surface area contributed by atoms with E-state index in [2.05, 4.69) is 62.1 Å². The Morgan fingerprint density at radius 2 is 1.15 bits per heavy atom. The van der Waals surface area contributed by atoms with Crippen LogP contribution in [0.15, 0.2) is 36.4 Å². The van der Waals surface area contributed by atoms with Gasteiger partial charge in [-0.25, -0.2) is 0 Å². The molecule has 2 aromatic carbocycles. The van der Waals surface area contributed by atoms with Crippen LogP contribution >= 0.6 is 0 Å². The van der Waals surface area contributed by atoms with Gasteiger partial charge in [0.15, 0.2) is 0 Å². The van der Waals surface area contributed by atoms with Crippen molar-refractivity contribution in [1.29, 1.82) is 0 Å². The summed E-state index contributed by atoms with van der Waals surface area (Å²) in [6.07, 6.45) is 23.0. The van der Waals surface area contributed by atoms with E-state index in [4.69, 9.17) is 0 Å². The summed E-state index contributed by atoms with van der Waals surface area (Å²) in [6, 6.07) is 13.6. The molecule has 0 fully saturated rings. The third-order valence-corrected chi connectivity index (χ3v) is 7.79. The van der Waals surface area contributed by atoms with Crippen LogP contribution in [0.1, 0.15) is 129 Å². The Kier molecular flexibility index (Phi) is 11.1. The van der Waals surface area contributed by atoms with Gasteiger partial charge < -0.3 is 4.90 Å². The van der Waals surface area contributed by atoms with Crippen molar-refractivity contribution in [2.45, 2.75) is 129 Å². The van der Waals surface area contributed by atoms with Crippen LogP contribution in [-0.2, 0) is 5.41 Å². The van der Waals surface area contributed by atoms with E-state index in [9.17, 15) is 0 Å². The highest BCUT2D eigenvalue weighted by Crippen LogP contribution is 2.44. The van der Waals surface area contributed by atoms with E-state index in [1.54, 1.807) is 5.56 Å². The zero-order valence-corrected chi connectivity index (χ0v) is 22.1. The van der Waals surface area contributed by atoms with Crippen molar-refractivity contribution in [2.24, 2.45) is 0 Å². The number of unbranched alkanes of at least 4 members (excludes halogenated alkanes) is 15. The fourth-order valence-electron chi connectivity index (χ4n) is 5.93. The Morgan fingerprint density at radius 3 is 1.73 bits per heavy atom. The van der Waals surface area contributed by atoms with Gasteiger partial charge in [-0.2, -0.15) is 0 Å². The Morgan fingerprint density at radius 1 is 0.636 bits per heavy atom. The summed E-state index contributed by atoms with van der Waals surface area (Å²) in [5.41, 5.74) is 3.29. The highest BCUT2D eigenvalue weighted by molar-refractivity contribution is 5.92. The lowest BCUT2D eigenvalue weighted by Crippen LogP contribution is -2.29. The van der Waals surface area contributed by atoms with Crippen LogP contribution in [0.3, 0.4) is 0 Å². The second-order valence-corrected chi connectivity index (χ2v) is 11.3. The molecule has 0 saturated carbocycles. The van der Waals surface area contributed by atoms with Gasteiger partial charge in [0.05, 0.1) is 0 Å². The predicted molar refractivity (Wildman–Crippen MR) is 149 cm³/mol. The molecule has 1 aliphatic rings. The van der Waals surface area contributed by atoms with Gasteiger partial charge in [0, 0.05) is 24.2 Å². The fourth-order valence-corrected chi connectivity index (χ4v) is 5.93. The summed E-state index contributed by atoms with van der Waals surface area (Å²) in [7, 11) is 0. The van der Waals surface area contributed by atoms with Crippen LogP contribution in [0.5, 0.6) is 0 Å². The minimum absolute atomic E-state index is 0.241. The lowest BCUT2D eigenvalue weighted by atomic mass is 9.84. The first kappa shape index (κ1) is 26.1. The maximum absolute atomic E-state index is 2.66. The second kappa shape index (κ2) is 14.0. The van der Waals surface area contributed by atoms with E-state index in [-0.39, 0.29) is 5.41 Å². The van der Waals surface area contributed by atoms with Gasteiger partial charge in [-0.3, -0.25) is 0 Å². The average molecular weight is 450 g/mol. The van der Waals surface area contributed by atoms with Gasteiger partial charge in [0.1, 0.15) is 0 Å². The molecule has 0 saturated heterocycles. The van der Waals surface area contributed by atoms with E-state index in [1.807, 2.05) is 0 Å². The SMILES string of the molecule is CCCCCCCCCCCCCCCCCCN1CC(C)(C)c2c1ccc1ccccc21. The summed E-state index contributed by atoms with van der Waals surface area (Å²) in [5.74, 6) is 0. The highest BCUT2D eigenvalue weighted by atomic mass is 15.2. The van der Waals surface area contributed by atoms with Crippen molar-refractivity contribution < 1.29 is 0 Å². The fraction of sp³-hybridized carbons (Fsp3) is 0.688. The van der Waals surface area contributed by atoms with E-state index in [0.717, 1.165) is 6.54 Å². The summed E-state index contributed by atoms with van der Waals surface area (Å²) >= 11 is 0. The molecule has 184 valence electrons. The van der Waals surface area contributed by atoms with Gasteiger partial charge >= 0.3 is 0 Å². The molecular formula is C32H51N. The van der Waals surface area contributed by atoms with E-state index < -0.39 is 0 Å². The molecule has 1 heteroatoms. The third-order valence-electron chi connectivity index (χ3n) is 7.79. The molecule has 0 spiro atoms. The molecule has 1 heterocycles. The number of rotatable bonds is 17. The van der Waals surface area contributed by atoms with Crippen molar-refractivity contribution in [3.63, 3.8) is 0 Å². The Labute approximate surface area is 205 Å². The maximum Gasteiger partial charge on any atom is 0.0411 e. The molecule has 1 nitrogen and oxygen atoms in total. The predicted octanol–water partition coefficient (Wildman–Crippen LogP) is 10.2. The number of benzene rings is 2. The Balaban J connectivity index is 1.22. The molecule has 0 aliphatic carbocycles. The first-order valence-electron chi connectivity index (χ1n) is 14.4. The summed E-state index contributed by atoms with van der Waals surface area (Å²) < 4.78 is 0. The van der Waals surface area contributed by atoms with E-state index >= 15 is 0 Å². The zero-order valence-electron chi connectivity index (χ0n) is 22.1. The minimum Gasteiger partial charge on any atom is -0.370 e. The van der Waals surface area contributed by atoms with Crippen molar-refractivity contribution >= 4 is 16.5 Å². The molecule has 0 bridgehead atoms. The number of nitrogens with zero attached hydrogens (tertiary/aromatic N) is 1. The van der Waals surface area contributed by atoms with Crippen LogP contribution in [0.2, 0.25) is 0 Å². The minimum atomic E-state index is 0.241. The molecule has 2 aromatic rings. The normalized spacial score (nSPS) is 14.8. The Hall–Kier alpha value is -1.50. The van der Waals surface area contributed by atoms with Crippen molar-refractivity contribution in [3.05, 3.63) is 42.0 Å². The Bertz CT molecular complexity index is 805. The lowest BCUT2D eigenvalue weighted by molar-refractivity contribution is 0.523. The van der Waals surface area contributed by atoms with Crippen LogP contribution in [-0.4, -0.2) is 13.1 Å². The molecule has 1 aliphatic heterocycles. The number of hydrogen-bond acceptors (Lipinski definition) is 1. The highest BCUT2D eigenvalue weighted by Gasteiger charge is 2.36. The van der Waals surface area contributed by atoms with Crippen molar-refractivity contribution in [3.8, 4) is 0 Å². The standard InChI is InChI=1S/C32H51N/c1-4-5-6-7-8-9-10-11-12-13-14-15-16-17-18-21-26-33-27-32(2,3)31-29-23-20-19-22-28(29)24-25-30(31)33/h19-20,22-25H,4-18,21,26-27H2,1-3H3. The van der Waals surface area contributed by atoms with Gasteiger partial charge in [-0.1, -0.05) is 147 Å². The molecule has 0 atom stereocenters. The molecule has 3 rings (SSSR count). The van der Waals surface area contributed by atoms with Gasteiger partial charge in [-0.05, 0) is 28.8 Å². The molecule has 0 N–H and O–H groups in total. The number of fused-ring (bicyclic) bond motifs is 3. The molecule has 0 amide bonds. The van der Waals surface area contributed by atoms with Crippen LogP contribution in [0, 0.1) is 0 Å². The number of hydrogen-bond donors (Lipinski definition) is 0. The molecule has 0 radical (unpaired) electrons. The lowest BCUT2D eigenvalue weighted by Gasteiger charge is -2.22. The van der Waals surface area contributed by atoms with Crippen molar-refractivity contribution in [1.82, 2.24) is 0 Å². The quantitative estimate of drug-likeness (QED) is 0.217. The molecular weight excluding hydrogens is 398 g/mol. The maximum atomic E-state index is 2.66. The molecule has 33 heavy (non-hydrogen) atoms. The summed E-state index contributed by atoms with van der Waals surface area (Å²) in [4.78, 5) is 2.66. The zero-order chi connectivity index (χ0) is 23.4. The monoisotopic (exact) mass is 449 g/mol. The molecule has 0 unspecified atom stereocenters. The van der Waals surface area contributed by atoms with Gasteiger partial charge in [0.25, 0.3) is 0 Å². The molecule has 0 aromatic heterocycles. The summed E-state index contributed by atoms with van der Waals surface area (Å²) in [5, 5.41) is 2.84. The summed E-state index contributed by atoms with van der Waals surface area (Å²) in [6.45, 7) is 9.52. The average Bonchev–Trinajstić information content (AvgIpc) is 3.09. The third kappa shape index (κ3) is 8.04. The van der Waals surface area contributed by atoms with Crippen molar-refractivity contribution in [2.75, 3.05) is 18.0 Å². The smallest absolute Gasteiger partial charge is 0.0411 e. The van der Waals surface area contributed by atoms with Gasteiger partial charge in [0.2, 0.25) is 0 Å². The largest absolute Gasteiger partial charge is 0.370 e. The van der Waals surface area contributed by atoms with E-state index in [1.165, 1.54) is 126 Å². The first-order valence-corrected chi connectivity index (χ1v) is 14.4. The van der Waals surface area contributed by atoms with Crippen LogP contribution < -0.4 is 4.90 Å². The van der Waals surface area contributed by atoms with E-state index in [0.29, 0.717) is 0 Å². The first-order chi connectivity index (χ1) is 16.1. The second-order valence-electron chi connectivity index (χ2n) is 11.3. The topological polar surface area (TPSA) is 3.24 Å². The van der Waals surface area contributed by atoms with Crippen LogP contribution in [0.25, 0.3) is 10.8 Å². The van der Waals surface area contributed by atoms with Crippen LogP contribution in [0.4, 0.5) is 5.69 Å². The number of anilines is 1.